The van der Waals surface area contributed by atoms with E-state index in [0.29, 0.717) is 62.6 Å². The van der Waals surface area contributed by atoms with Crippen molar-refractivity contribution in [3.05, 3.63) is 102 Å². The molecule has 0 bridgehead atoms. The summed E-state index contributed by atoms with van der Waals surface area (Å²) in [5, 5.41) is 11.6. The van der Waals surface area contributed by atoms with Gasteiger partial charge in [0.15, 0.2) is 0 Å². The van der Waals surface area contributed by atoms with E-state index in [2.05, 4.69) is 16.0 Å². The maximum Gasteiger partial charge on any atom is 0.254 e. The monoisotopic (exact) mass is 587 g/mol. The molecule has 2 fully saturated rings. The number of ether oxygens (including phenoxy) is 1. The molecule has 224 valence electrons. The van der Waals surface area contributed by atoms with Gasteiger partial charge in [-0.3, -0.25) is 14.6 Å². The van der Waals surface area contributed by atoms with Crippen molar-refractivity contribution in [3.63, 3.8) is 0 Å². The van der Waals surface area contributed by atoms with Gasteiger partial charge in [0.05, 0.1) is 18.1 Å². The highest BCUT2D eigenvalue weighted by molar-refractivity contribution is 6.10. The number of pyridine rings is 2. The summed E-state index contributed by atoms with van der Waals surface area (Å²) < 4.78 is 6.00. The van der Waals surface area contributed by atoms with Crippen molar-refractivity contribution < 1.29 is 14.3 Å². The van der Waals surface area contributed by atoms with Gasteiger partial charge in [-0.05, 0) is 74.3 Å². The third kappa shape index (κ3) is 6.28. The number of hydrogen-bond donors (Lipinski definition) is 0. The summed E-state index contributed by atoms with van der Waals surface area (Å²) in [4.78, 5) is 40.1. The second-order valence-electron chi connectivity index (χ2n) is 11.8. The average Bonchev–Trinajstić information content (AvgIpc) is 3.10. The van der Waals surface area contributed by atoms with Crippen molar-refractivity contribution in [2.24, 2.45) is 0 Å². The van der Waals surface area contributed by atoms with Crippen LogP contribution < -0.4 is 4.74 Å². The fraction of sp³-hybridized carbons (Fsp3) is 0.361. The van der Waals surface area contributed by atoms with E-state index in [4.69, 9.17) is 4.74 Å². The summed E-state index contributed by atoms with van der Waals surface area (Å²) in [5.74, 6) is 0.263. The van der Waals surface area contributed by atoms with Crippen LogP contribution in [0.2, 0.25) is 0 Å². The molecule has 0 N–H and O–H groups in total. The van der Waals surface area contributed by atoms with Gasteiger partial charge in [-0.25, -0.2) is 4.98 Å². The molecule has 4 heterocycles. The molecule has 0 spiro atoms. The van der Waals surface area contributed by atoms with E-state index in [9.17, 15) is 14.9 Å². The number of rotatable bonds is 8. The Morgan fingerprint density at radius 3 is 2.39 bits per heavy atom. The minimum absolute atomic E-state index is 0.0655. The van der Waals surface area contributed by atoms with E-state index in [0.717, 1.165) is 54.0 Å². The number of carbonyl (C=O) groups excluding carboxylic acids is 2. The number of fused-ring (bicyclic) bond motifs is 1. The van der Waals surface area contributed by atoms with Crippen LogP contribution in [0.3, 0.4) is 0 Å². The van der Waals surface area contributed by atoms with E-state index in [1.807, 2.05) is 70.6 Å². The highest BCUT2D eigenvalue weighted by atomic mass is 16.5. The predicted molar refractivity (Wildman–Crippen MR) is 168 cm³/mol. The predicted octanol–water partition coefficient (Wildman–Crippen LogP) is 5.97. The molecule has 0 radical (unpaired) electrons. The van der Waals surface area contributed by atoms with Gasteiger partial charge < -0.3 is 14.5 Å². The van der Waals surface area contributed by atoms with Gasteiger partial charge in [-0.1, -0.05) is 36.4 Å². The summed E-state index contributed by atoms with van der Waals surface area (Å²) in [6.45, 7) is 2.85. The van der Waals surface area contributed by atoms with Crippen LogP contribution in [0.15, 0.2) is 79.3 Å². The van der Waals surface area contributed by atoms with Gasteiger partial charge in [0.25, 0.3) is 11.8 Å². The Balaban J connectivity index is 1.23. The fourth-order valence-electron chi connectivity index (χ4n) is 6.38. The third-order valence-electron chi connectivity index (χ3n) is 8.96. The van der Waals surface area contributed by atoms with Crippen LogP contribution in [-0.2, 0) is 11.8 Å². The first-order valence-electron chi connectivity index (χ1n) is 15.6. The zero-order valence-corrected chi connectivity index (χ0v) is 25.0. The molecule has 0 atom stereocenters. The number of amides is 2. The second kappa shape index (κ2) is 13.3. The number of hydrogen-bond acceptors (Lipinski definition) is 6. The molecule has 2 saturated heterocycles. The number of benzene rings is 2. The average molecular weight is 588 g/mol. The first-order valence-corrected chi connectivity index (χ1v) is 15.6. The van der Waals surface area contributed by atoms with Crippen molar-refractivity contribution >= 4 is 22.6 Å². The minimum atomic E-state index is -0.602. The molecule has 0 saturated carbocycles. The highest BCUT2D eigenvalue weighted by Crippen LogP contribution is 2.36. The maximum absolute atomic E-state index is 13.9. The molecule has 4 aromatic rings. The second-order valence-corrected chi connectivity index (χ2v) is 11.8. The summed E-state index contributed by atoms with van der Waals surface area (Å²) in [7, 11) is 0. The van der Waals surface area contributed by atoms with Crippen molar-refractivity contribution in [1.82, 2.24) is 19.8 Å². The lowest BCUT2D eigenvalue weighted by Crippen LogP contribution is -2.44. The zero-order valence-electron chi connectivity index (χ0n) is 25.0. The zero-order chi connectivity index (χ0) is 30.4. The molecule has 0 unspecified atom stereocenters. The van der Waals surface area contributed by atoms with E-state index < -0.39 is 5.41 Å². The molecular weight excluding hydrogens is 550 g/mol. The van der Waals surface area contributed by atoms with Crippen LogP contribution in [0, 0.1) is 11.3 Å². The number of piperidine rings is 2. The van der Waals surface area contributed by atoms with Crippen molar-refractivity contribution in [2.75, 3.05) is 32.8 Å². The fourth-order valence-corrected chi connectivity index (χ4v) is 6.38. The van der Waals surface area contributed by atoms with Gasteiger partial charge in [0.2, 0.25) is 5.88 Å². The number of likely N-dealkylation sites (tertiary alicyclic amines) is 2. The summed E-state index contributed by atoms with van der Waals surface area (Å²) in [6.07, 6.45) is 11.2. The van der Waals surface area contributed by atoms with Crippen molar-refractivity contribution in [1.29, 1.82) is 5.26 Å². The van der Waals surface area contributed by atoms with E-state index >= 15 is 0 Å². The molecular formula is C36H37N5O3. The summed E-state index contributed by atoms with van der Waals surface area (Å²) in [6, 6.07) is 21.8. The van der Waals surface area contributed by atoms with Gasteiger partial charge in [0.1, 0.15) is 0 Å². The number of carbonyl (C=O) groups is 2. The maximum atomic E-state index is 13.9. The van der Waals surface area contributed by atoms with Crippen LogP contribution in [0.5, 0.6) is 5.88 Å². The Kier molecular flexibility index (Phi) is 8.83. The topological polar surface area (TPSA) is 99.4 Å². The molecule has 2 aliphatic rings. The molecule has 44 heavy (non-hydrogen) atoms. The minimum Gasteiger partial charge on any atom is -0.478 e. The molecule has 8 heteroatoms. The third-order valence-corrected chi connectivity index (χ3v) is 8.96. The quantitative estimate of drug-likeness (QED) is 0.236. The van der Waals surface area contributed by atoms with Crippen LogP contribution in [-0.4, -0.2) is 64.4 Å². The van der Waals surface area contributed by atoms with Gasteiger partial charge >= 0.3 is 0 Å². The molecule has 2 aromatic carbocycles. The number of nitrogens with zero attached hydrogens (tertiary/aromatic N) is 5. The Morgan fingerprint density at radius 2 is 1.66 bits per heavy atom. The molecule has 0 aliphatic carbocycles. The molecule has 2 amide bonds. The van der Waals surface area contributed by atoms with Crippen molar-refractivity contribution in [2.45, 2.75) is 50.4 Å². The summed E-state index contributed by atoms with van der Waals surface area (Å²) >= 11 is 0. The lowest BCUT2D eigenvalue weighted by atomic mass is 9.74. The standard InChI is InChI=1S/C36H37N5O3/c37-26-36(30-11-3-1-4-12-30)13-18-41(19-14-36)34(42)28-21-29-25-39-33(44-20-8-10-27-9-7-15-38-24-27)23-31(29)32(22-28)35(43)40-16-5-2-6-17-40/h1,3-4,7,9,11-12,15,21-25H,2,5-6,8,10,13-14,16-20H2. The van der Waals surface area contributed by atoms with E-state index in [1.54, 1.807) is 18.5 Å². The van der Waals surface area contributed by atoms with Gasteiger partial charge in [-0.2, -0.15) is 5.26 Å². The van der Waals surface area contributed by atoms with Crippen LogP contribution in [0.25, 0.3) is 10.8 Å². The molecule has 6 rings (SSSR count). The van der Waals surface area contributed by atoms with E-state index in [-0.39, 0.29) is 11.8 Å². The SMILES string of the molecule is N#CC1(c2ccccc2)CCN(C(=O)c2cc(C(=O)N3CCCCC3)c3cc(OCCCc4cccnc4)ncc3c2)CC1. The Morgan fingerprint density at radius 1 is 0.886 bits per heavy atom. The normalized spacial score (nSPS) is 16.3. The molecule has 8 nitrogen and oxygen atoms in total. The lowest BCUT2D eigenvalue weighted by Gasteiger charge is -2.37. The largest absolute Gasteiger partial charge is 0.478 e. The van der Waals surface area contributed by atoms with Crippen molar-refractivity contribution in [3.8, 4) is 11.9 Å². The van der Waals surface area contributed by atoms with Gasteiger partial charge in [-0.15, -0.1) is 0 Å². The van der Waals surface area contributed by atoms with Crippen LogP contribution >= 0.6 is 0 Å². The van der Waals surface area contributed by atoms with E-state index in [1.165, 1.54) is 0 Å². The number of aromatic nitrogens is 2. The van der Waals surface area contributed by atoms with Crippen LogP contribution in [0.1, 0.15) is 70.4 Å². The number of nitriles is 1. The summed E-state index contributed by atoms with van der Waals surface area (Å²) in [5.41, 5.74) is 2.52. The van der Waals surface area contributed by atoms with Gasteiger partial charge in [0, 0.05) is 72.7 Å². The van der Waals surface area contributed by atoms with Crippen LogP contribution in [0.4, 0.5) is 0 Å². The first kappa shape index (κ1) is 29.3. The smallest absolute Gasteiger partial charge is 0.254 e. The Labute approximate surface area is 258 Å². The lowest BCUT2D eigenvalue weighted by molar-refractivity contribution is 0.0692. The highest BCUT2D eigenvalue weighted by Gasteiger charge is 2.38. The Hall–Kier alpha value is -4.77. The molecule has 2 aliphatic heterocycles. The first-order chi connectivity index (χ1) is 21.6. The number of aryl methyl sites for hydroxylation is 1. The Bertz CT molecular complexity index is 1650. The molecule has 2 aromatic heterocycles.